The van der Waals surface area contributed by atoms with Crippen LogP contribution in [0.4, 0.5) is 5.69 Å². The Balaban J connectivity index is 1.55. The number of nitrogens with zero attached hydrogens (tertiary/aromatic N) is 2. The van der Waals surface area contributed by atoms with Crippen LogP contribution in [0.25, 0.3) is 21.3 Å². The van der Waals surface area contributed by atoms with Gasteiger partial charge in [-0.1, -0.05) is 61.9 Å². The molecule has 0 atom stereocenters. The molecule has 2 heterocycles. The van der Waals surface area contributed by atoms with Gasteiger partial charge in [-0.05, 0) is 30.0 Å². The molecule has 5 nitrogen and oxygen atoms in total. The van der Waals surface area contributed by atoms with Crippen LogP contribution in [0, 0.1) is 6.92 Å². The Morgan fingerprint density at radius 3 is 2.61 bits per heavy atom. The number of hydrogen-bond acceptors (Lipinski definition) is 4. The summed E-state index contributed by atoms with van der Waals surface area (Å²) in [6, 6.07) is 15.9. The summed E-state index contributed by atoms with van der Waals surface area (Å²) in [6.45, 7) is 6.51. The third-order valence-electron chi connectivity index (χ3n) is 5.36. The summed E-state index contributed by atoms with van der Waals surface area (Å²) in [7, 11) is 0. The van der Waals surface area contributed by atoms with Crippen LogP contribution in [0.3, 0.4) is 0 Å². The maximum Gasteiger partial charge on any atom is 0.262 e. The molecule has 0 saturated heterocycles. The van der Waals surface area contributed by atoms with Gasteiger partial charge in [-0.15, -0.1) is 11.3 Å². The predicted molar refractivity (Wildman–Crippen MR) is 128 cm³/mol. The lowest BCUT2D eigenvalue weighted by molar-refractivity contribution is -0.116. The van der Waals surface area contributed by atoms with Crippen LogP contribution in [0.2, 0.25) is 0 Å². The molecule has 2 aromatic carbocycles. The Morgan fingerprint density at radius 2 is 1.87 bits per heavy atom. The van der Waals surface area contributed by atoms with E-state index in [9.17, 15) is 9.59 Å². The molecular weight excluding hydrogens is 406 g/mol. The maximum absolute atomic E-state index is 13.2. The summed E-state index contributed by atoms with van der Waals surface area (Å²) in [5.74, 6) is 0.189. The minimum atomic E-state index is -0.121. The van der Waals surface area contributed by atoms with Gasteiger partial charge in [-0.2, -0.15) is 0 Å². The summed E-state index contributed by atoms with van der Waals surface area (Å²) in [4.78, 5) is 30.9. The van der Waals surface area contributed by atoms with E-state index in [2.05, 4.69) is 24.1 Å². The van der Waals surface area contributed by atoms with Crippen LogP contribution in [0.5, 0.6) is 0 Å². The molecule has 0 bridgehead atoms. The van der Waals surface area contributed by atoms with E-state index in [0.29, 0.717) is 16.1 Å². The first-order chi connectivity index (χ1) is 14.9. The summed E-state index contributed by atoms with van der Waals surface area (Å²) >= 11 is 1.46. The van der Waals surface area contributed by atoms with Crippen molar-refractivity contribution in [1.29, 1.82) is 0 Å². The zero-order chi connectivity index (χ0) is 22.0. The second-order valence-electron chi connectivity index (χ2n) is 7.98. The van der Waals surface area contributed by atoms with Gasteiger partial charge in [0.05, 0.1) is 11.7 Å². The number of para-hydroxylation sites is 1. The van der Waals surface area contributed by atoms with Crippen molar-refractivity contribution in [3.63, 3.8) is 0 Å². The van der Waals surface area contributed by atoms with Gasteiger partial charge in [-0.25, -0.2) is 4.98 Å². The molecule has 0 aliphatic heterocycles. The summed E-state index contributed by atoms with van der Waals surface area (Å²) in [5, 5.41) is 5.57. The highest BCUT2D eigenvalue weighted by Gasteiger charge is 2.14. The zero-order valence-corrected chi connectivity index (χ0v) is 18.7. The number of carbonyl (C=O) groups is 1. The fourth-order valence-corrected chi connectivity index (χ4v) is 4.53. The summed E-state index contributed by atoms with van der Waals surface area (Å²) < 4.78 is 1.53. The average Bonchev–Trinajstić information content (AvgIpc) is 3.19. The monoisotopic (exact) mass is 431 g/mol. The lowest BCUT2D eigenvalue weighted by Crippen LogP contribution is -2.23. The third kappa shape index (κ3) is 4.44. The molecule has 6 heteroatoms. The fraction of sp³-hybridized carbons (Fsp3) is 0.240. The number of thiophene rings is 1. The molecule has 31 heavy (non-hydrogen) atoms. The molecule has 4 aromatic rings. The molecule has 1 amide bonds. The van der Waals surface area contributed by atoms with Gasteiger partial charge in [0.15, 0.2) is 0 Å². The average molecular weight is 432 g/mol. The van der Waals surface area contributed by atoms with E-state index >= 15 is 0 Å². The third-order valence-corrected chi connectivity index (χ3v) is 6.25. The van der Waals surface area contributed by atoms with E-state index in [1.807, 2.05) is 60.8 Å². The quantitative estimate of drug-likeness (QED) is 0.433. The van der Waals surface area contributed by atoms with Crippen LogP contribution in [0.1, 0.15) is 37.3 Å². The van der Waals surface area contributed by atoms with Crippen molar-refractivity contribution in [1.82, 2.24) is 9.55 Å². The highest BCUT2D eigenvalue weighted by atomic mass is 32.1. The molecule has 4 rings (SSSR count). The van der Waals surface area contributed by atoms with Gasteiger partial charge in [0, 0.05) is 29.6 Å². The van der Waals surface area contributed by atoms with Crippen molar-refractivity contribution in [2.24, 2.45) is 0 Å². The minimum Gasteiger partial charge on any atom is -0.326 e. The topological polar surface area (TPSA) is 64.0 Å². The lowest BCUT2D eigenvalue weighted by atomic mass is 10.0. The Morgan fingerprint density at radius 1 is 1.13 bits per heavy atom. The second kappa shape index (κ2) is 8.86. The molecule has 0 aliphatic carbocycles. The van der Waals surface area contributed by atoms with E-state index < -0.39 is 0 Å². The van der Waals surface area contributed by atoms with E-state index in [1.165, 1.54) is 27.8 Å². The Labute approximate surface area is 185 Å². The zero-order valence-electron chi connectivity index (χ0n) is 17.9. The van der Waals surface area contributed by atoms with E-state index in [-0.39, 0.29) is 24.4 Å². The number of amides is 1. The Bertz CT molecular complexity index is 1290. The van der Waals surface area contributed by atoms with Crippen molar-refractivity contribution in [3.8, 4) is 11.1 Å². The minimum absolute atomic E-state index is 0.114. The first-order valence-corrected chi connectivity index (χ1v) is 11.2. The van der Waals surface area contributed by atoms with Crippen molar-refractivity contribution in [3.05, 3.63) is 81.7 Å². The van der Waals surface area contributed by atoms with E-state index in [4.69, 9.17) is 0 Å². The molecule has 0 unspecified atom stereocenters. The fourth-order valence-electron chi connectivity index (χ4n) is 3.62. The van der Waals surface area contributed by atoms with Crippen molar-refractivity contribution < 1.29 is 4.79 Å². The van der Waals surface area contributed by atoms with Gasteiger partial charge in [0.1, 0.15) is 4.83 Å². The second-order valence-corrected chi connectivity index (χ2v) is 8.84. The molecule has 0 saturated carbocycles. The standard InChI is InChI=1S/C25H25N3O2S/c1-16(2)19-6-4-5-7-21(19)27-22(29)12-13-28-15-26-24-23(25(28)30)20(14-31-24)18-10-8-17(3)9-11-18/h4-11,14-16H,12-13H2,1-3H3,(H,27,29). The molecule has 2 aromatic heterocycles. The highest BCUT2D eigenvalue weighted by molar-refractivity contribution is 7.17. The highest BCUT2D eigenvalue weighted by Crippen LogP contribution is 2.30. The van der Waals surface area contributed by atoms with Gasteiger partial charge in [0.2, 0.25) is 5.91 Å². The van der Waals surface area contributed by atoms with E-state index in [0.717, 1.165) is 22.4 Å². The molecule has 158 valence electrons. The number of carbonyl (C=O) groups excluding carboxylic acids is 1. The number of rotatable bonds is 6. The number of hydrogen-bond donors (Lipinski definition) is 1. The first kappa shape index (κ1) is 21.0. The summed E-state index contributed by atoms with van der Waals surface area (Å²) in [6.07, 6.45) is 1.74. The SMILES string of the molecule is Cc1ccc(-c2csc3ncn(CCC(=O)Nc4ccccc4C(C)C)c(=O)c23)cc1. The lowest BCUT2D eigenvalue weighted by Gasteiger charge is -2.14. The molecule has 0 spiro atoms. The van der Waals surface area contributed by atoms with Gasteiger partial charge >= 0.3 is 0 Å². The van der Waals surface area contributed by atoms with Crippen LogP contribution in [-0.2, 0) is 11.3 Å². The number of fused-ring (bicyclic) bond motifs is 1. The largest absolute Gasteiger partial charge is 0.326 e. The molecular formula is C25H25N3O2S. The van der Waals surface area contributed by atoms with Crippen LogP contribution < -0.4 is 10.9 Å². The van der Waals surface area contributed by atoms with Gasteiger partial charge in [0.25, 0.3) is 5.56 Å². The first-order valence-electron chi connectivity index (χ1n) is 10.4. The van der Waals surface area contributed by atoms with Crippen molar-refractivity contribution >= 4 is 33.1 Å². The van der Waals surface area contributed by atoms with Crippen LogP contribution >= 0.6 is 11.3 Å². The van der Waals surface area contributed by atoms with Gasteiger partial charge in [-0.3, -0.25) is 14.2 Å². The molecule has 0 fully saturated rings. The van der Waals surface area contributed by atoms with Crippen LogP contribution in [-0.4, -0.2) is 15.5 Å². The Kier molecular flexibility index (Phi) is 6.00. The normalized spacial score (nSPS) is 11.2. The Hall–Kier alpha value is -3.25. The number of nitrogens with one attached hydrogen (secondary N) is 1. The van der Waals surface area contributed by atoms with Crippen molar-refractivity contribution in [2.75, 3.05) is 5.32 Å². The van der Waals surface area contributed by atoms with Gasteiger partial charge < -0.3 is 5.32 Å². The number of aryl methyl sites for hydroxylation is 2. The summed E-state index contributed by atoms with van der Waals surface area (Å²) in [5.41, 5.74) is 4.86. The molecule has 1 N–H and O–H groups in total. The smallest absolute Gasteiger partial charge is 0.262 e. The van der Waals surface area contributed by atoms with E-state index in [1.54, 1.807) is 0 Å². The van der Waals surface area contributed by atoms with Crippen molar-refractivity contribution in [2.45, 2.75) is 39.7 Å². The molecule has 0 radical (unpaired) electrons. The number of aromatic nitrogens is 2. The van der Waals surface area contributed by atoms with Crippen LogP contribution in [0.15, 0.2) is 65.0 Å². The number of benzene rings is 2. The number of anilines is 1. The predicted octanol–water partition coefficient (Wildman–Crippen LogP) is 5.59. The molecule has 0 aliphatic rings. The maximum atomic E-state index is 13.2.